The Bertz CT molecular complexity index is 700. The molecular weight excluding hydrogens is 422 g/mol. The van der Waals surface area contributed by atoms with Crippen molar-refractivity contribution in [1.82, 2.24) is 4.90 Å². The predicted octanol–water partition coefficient (Wildman–Crippen LogP) is 3.16. The summed E-state index contributed by atoms with van der Waals surface area (Å²) < 4.78 is 19.6. The van der Waals surface area contributed by atoms with E-state index in [1.54, 1.807) is 12.1 Å². The number of carbonyl (C=O) groups excluding carboxylic acids is 1. The molecule has 0 atom stereocenters. The Balaban J connectivity index is 1.49. The molecule has 0 aliphatic carbocycles. The lowest BCUT2D eigenvalue weighted by atomic mass is 10.2. The molecule has 126 valence electrons. The highest BCUT2D eigenvalue weighted by atomic mass is 127. The molecule has 0 N–H and O–H groups in total. The van der Waals surface area contributed by atoms with Gasteiger partial charge in [-0.3, -0.25) is 4.79 Å². The molecule has 1 heterocycles. The molecule has 1 fully saturated rings. The maximum Gasteiger partial charge on any atom is 0.260 e. The van der Waals surface area contributed by atoms with Gasteiger partial charge in [-0.25, -0.2) is 4.39 Å². The largest absolute Gasteiger partial charge is 0.484 e. The lowest BCUT2D eigenvalue weighted by Crippen LogP contribution is -2.50. The number of carbonyl (C=O) groups is 1. The highest BCUT2D eigenvalue weighted by Gasteiger charge is 2.21. The molecular formula is C18H18FIN2O2. The Kier molecular flexibility index (Phi) is 5.55. The summed E-state index contributed by atoms with van der Waals surface area (Å²) >= 11 is 2.21. The molecule has 0 saturated carbocycles. The fourth-order valence-electron chi connectivity index (χ4n) is 2.66. The van der Waals surface area contributed by atoms with Crippen LogP contribution in [0.25, 0.3) is 0 Å². The molecule has 0 spiro atoms. The number of rotatable bonds is 4. The second-order valence-corrected chi connectivity index (χ2v) is 6.84. The number of amides is 1. The van der Waals surface area contributed by atoms with Crippen molar-refractivity contribution in [2.75, 3.05) is 37.7 Å². The van der Waals surface area contributed by atoms with Crippen molar-refractivity contribution in [1.29, 1.82) is 0 Å². The van der Waals surface area contributed by atoms with Crippen LogP contribution < -0.4 is 9.64 Å². The summed E-state index contributed by atoms with van der Waals surface area (Å²) in [5, 5.41) is 0. The highest BCUT2D eigenvalue weighted by molar-refractivity contribution is 14.1. The summed E-state index contributed by atoms with van der Waals surface area (Å²) in [4.78, 5) is 16.2. The average molecular weight is 440 g/mol. The Labute approximate surface area is 154 Å². The number of hydrogen-bond donors (Lipinski definition) is 0. The van der Waals surface area contributed by atoms with Gasteiger partial charge in [0, 0.05) is 35.4 Å². The van der Waals surface area contributed by atoms with Crippen LogP contribution in [-0.2, 0) is 4.79 Å². The van der Waals surface area contributed by atoms with Gasteiger partial charge in [0.25, 0.3) is 5.91 Å². The minimum atomic E-state index is -0.236. The van der Waals surface area contributed by atoms with E-state index < -0.39 is 0 Å². The first-order valence-electron chi connectivity index (χ1n) is 7.78. The van der Waals surface area contributed by atoms with Gasteiger partial charge in [0.1, 0.15) is 11.6 Å². The maximum absolute atomic E-state index is 13.0. The Morgan fingerprint density at radius 1 is 1.08 bits per heavy atom. The number of ether oxygens (including phenoxy) is 1. The molecule has 3 rings (SSSR count). The summed E-state index contributed by atoms with van der Waals surface area (Å²) in [7, 11) is 0. The third-order valence-electron chi connectivity index (χ3n) is 3.98. The molecule has 1 saturated heterocycles. The van der Waals surface area contributed by atoms with Crippen LogP contribution in [0.5, 0.6) is 5.75 Å². The first-order valence-corrected chi connectivity index (χ1v) is 8.86. The van der Waals surface area contributed by atoms with E-state index in [9.17, 15) is 9.18 Å². The molecule has 2 aromatic rings. The number of piperazine rings is 1. The van der Waals surface area contributed by atoms with Gasteiger partial charge < -0.3 is 14.5 Å². The Morgan fingerprint density at radius 3 is 2.46 bits per heavy atom. The summed E-state index contributed by atoms with van der Waals surface area (Å²) in [6, 6.07) is 14.1. The monoisotopic (exact) mass is 440 g/mol. The first-order chi connectivity index (χ1) is 11.6. The summed E-state index contributed by atoms with van der Waals surface area (Å²) in [5.74, 6) is 0.466. The van der Waals surface area contributed by atoms with Crippen molar-refractivity contribution in [3.8, 4) is 5.75 Å². The molecule has 0 aromatic heterocycles. The number of nitrogens with zero attached hydrogens (tertiary/aromatic N) is 2. The fraction of sp³-hybridized carbons (Fsp3) is 0.278. The predicted molar refractivity (Wildman–Crippen MR) is 99.8 cm³/mol. The highest BCUT2D eigenvalue weighted by Crippen LogP contribution is 2.18. The normalized spacial score (nSPS) is 14.6. The van der Waals surface area contributed by atoms with Crippen LogP contribution in [0.2, 0.25) is 0 Å². The van der Waals surface area contributed by atoms with Gasteiger partial charge >= 0.3 is 0 Å². The molecule has 0 unspecified atom stereocenters. The van der Waals surface area contributed by atoms with E-state index >= 15 is 0 Å². The van der Waals surface area contributed by atoms with Crippen molar-refractivity contribution in [2.45, 2.75) is 0 Å². The van der Waals surface area contributed by atoms with Crippen molar-refractivity contribution in [3.05, 3.63) is 57.9 Å². The van der Waals surface area contributed by atoms with Crippen LogP contribution in [0.3, 0.4) is 0 Å². The summed E-state index contributed by atoms with van der Waals surface area (Å²) in [6.45, 7) is 2.82. The van der Waals surface area contributed by atoms with Gasteiger partial charge in [-0.1, -0.05) is 6.07 Å². The van der Waals surface area contributed by atoms with E-state index in [2.05, 4.69) is 27.5 Å². The van der Waals surface area contributed by atoms with E-state index in [-0.39, 0.29) is 18.3 Å². The topological polar surface area (TPSA) is 32.8 Å². The van der Waals surface area contributed by atoms with Crippen molar-refractivity contribution in [2.24, 2.45) is 0 Å². The summed E-state index contributed by atoms with van der Waals surface area (Å²) in [6.07, 6.45) is 0. The van der Waals surface area contributed by atoms with Gasteiger partial charge in [-0.15, -0.1) is 0 Å². The van der Waals surface area contributed by atoms with Gasteiger partial charge in [-0.2, -0.15) is 0 Å². The maximum atomic E-state index is 13.0. The van der Waals surface area contributed by atoms with E-state index in [4.69, 9.17) is 4.74 Å². The first kappa shape index (κ1) is 17.0. The second-order valence-electron chi connectivity index (χ2n) is 5.59. The zero-order chi connectivity index (χ0) is 16.9. The zero-order valence-corrected chi connectivity index (χ0v) is 15.3. The smallest absolute Gasteiger partial charge is 0.260 e. The number of anilines is 1. The van der Waals surface area contributed by atoms with Crippen molar-refractivity contribution in [3.63, 3.8) is 0 Å². The molecule has 2 aromatic carbocycles. The van der Waals surface area contributed by atoms with Crippen LogP contribution >= 0.6 is 22.6 Å². The molecule has 4 nitrogen and oxygen atoms in total. The van der Waals surface area contributed by atoms with Gasteiger partial charge in [-0.05, 0) is 65.1 Å². The average Bonchev–Trinajstić information content (AvgIpc) is 2.61. The standard InChI is InChI=1S/C18H18FIN2O2/c19-14-4-6-16(7-5-14)21-8-10-22(11-9-21)18(23)13-24-17-3-1-2-15(20)12-17/h1-7,12H,8-11,13H2. The minimum Gasteiger partial charge on any atom is -0.484 e. The minimum absolute atomic E-state index is 0.00684. The lowest BCUT2D eigenvalue weighted by Gasteiger charge is -2.36. The molecule has 6 heteroatoms. The van der Waals surface area contributed by atoms with Crippen molar-refractivity contribution < 1.29 is 13.9 Å². The molecule has 1 amide bonds. The van der Waals surface area contributed by atoms with Crippen LogP contribution in [0, 0.1) is 9.39 Å². The molecule has 1 aliphatic heterocycles. The molecule has 24 heavy (non-hydrogen) atoms. The van der Waals surface area contributed by atoms with Gasteiger partial charge in [0.05, 0.1) is 0 Å². The van der Waals surface area contributed by atoms with Crippen LogP contribution in [-0.4, -0.2) is 43.6 Å². The van der Waals surface area contributed by atoms with E-state index in [0.717, 1.165) is 22.3 Å². The number of halogens is 2. The lowest BCUT2D eigenvalue weighted by molar-refractivity contribution is -0.133. The van der Waals surface area contributed by atoms with E-state index in [1.807, 2.05) is 29.2 Å². The number of benzene rings is 2. The third kappa shape index (κ3) is 4.37. The Hall–Kier alpha value is -1.83. The van der Waals surface area contributed by atoms with E-state index in [1.165, 1.54) is 12.1 Å². The molecule has 0 bridgehead atoms. The van der Waals surface area contributed by atoms with Crippen LogP contribution in [0.4, 0.5) is 10.1 Å². The zero-order valence-electron chi connectivity index (χ0n) is 13.1. The number of hydrogen-bond acceptors (Lipinski definition) is 3. The fourth-order valence-corrected chi connectivity index (χ4v) is 3.17. The van der Waals surface area contributed by atoms with Crippen LogP contribution in [0.1, 0.15) is 0 Å². The quantitative estimate of drug-likeness (QED) is 0.686. The van der Waals surface area contributed by atoms with Crippen LogP contribution in [0.15, 0.2) is 48.5 Å². The van der Waals surface area contributed by atoms with Gasteiger partial charge in [0.15, 0.2) is 6.61 Å². The molecule has 0 radical (unpaired) electrons. The van der Waals surface area contributed by atoms with Gasteiger partial charge in [0.2, 0.25) is 0 Å². The van der Waals surface area contributed by atoms with E-state index in [0.29, 0.717) is 18.8 Å². The Morgan fingerprint density at radius 2 is 1.79 bits per heavy atom. The van der Waals surface area contributed by atoms with Crippen molar-refractivity contribution >= 4 is 34.2 Å². The summed E-state index contributed by atoms with van der Waals surface area (Å²) in [5.41, 5.74) is 0.985. The second kappa shape index (κ2) is 7.83. The third-order valence-corrected chi connectivity index (χ3v) is 4.65. The molecule has 1 aliphatic rings. The SMILES string of the molecule is O=C(COc1cccc(I)c1)N1CCN(c2ccc(F)cc2)CC1.